The molecule has 0 aliphatic carbocycles. The fraction of sp³-hybridized carbons (Fsp3) is 0.429. The van der Waals surface area contributed by atoms with Gasteiger partial charge in [-0.05, 0) is 6.42 Å². The second-order valence-electron chi connectivity index (χ2n) is 2.90. The number of sulfonamides is 1. The lowest BCUT2D eigenvalue weighted by atomic mass is 10.3. The fourth-order valence-electron chi connectivity index (χ4n) is 0.904. The number of carbonyl (C=O) groups is 1. The number of nitrogens with zero attached hydrogens (tertiary/aromatic N) is 1. The minimum Gasteiger partial charge on any atom is -0.370 e. The average Bonchev–Trinajstić information content (AvgIpc) is 2.60. The highest BCUT2D eigenvalue weighted by molar-refractivity contribution is 7.91. The SMILES string of the molecule is NC(=O)CCCNS(=O)(=O)c1cnc(Cl)s1. The zero-order chi connectivity index (χ0) is 12.2. The van der Waals surface area contributed by atoms with Crippen LogP contribution in [0.3, 0.4) is 0 Å². The summed E-state index contributed by atoms with van der Waals surface area (Å²) in [5, 5.41) is 0. The minimum absolute atomic E-state index is 0.0524. The molecule has 6 nitrogen and oxygen atoms in total. The van der Waals surface area contributed by atoms with Crippen LogP contribution in [0.5, 0.6) is 0 Å². The van der Waals surface area contributed by atoms with Crippen LogP contribution in [0, 0.1) is 0 Å². The molecule has 0 aromatic carbocycles. The van der Waals surface area contributed by atoms with Gasteiger partial charge < -0.3 is 5.73 Å². The number of carbonyl (C=O) groups excluding carboxylic acids is 1. The lowest BCUT2D eigenvalue weighted by molar-refractivity contribution is -0.118. The first-order valence-corrected chi connectivity index (χ1v) is 6.99. The van der Waals surface area contributed by atoms with Crippen molar-refractivity contribution in [1.82, 2.24) is 9.71 Å². The molecule has 9 heteroatoms. The molecular formula is C7H10ClN3O3S2. The fourth-order valence-corrected chi connectivity index (χ4v) is 3.32. The molecule has 0 saturated heterocycles. The van der Waals surface area contributed by atoms with Gasteiger partial charge in [0.25, 0.3) is 10.0 Å². The summed E-state index contributed by atoms with van der Waals surface area (Å²) in [4.78, 5) is 14.0. The Morgan fingerprint density at radius 3 is 2.81 bits per heavy atom. The molecule has 0 saturated carbocycles. The standard InChI is InChI=1S/C7H10ClN3O3S2/c8-7-10-4-6(15-7)16(13,14)11-3-1-2-5(9)12/h4,11H,1-3H2,(H2,9,12). The van der Waals surface area contributed by atoms with Gasteiger partial charge in [-0.1, -0.05) is 22.9 Å². The van der Waals surface area contributed by atoms with Gasteiger partial charge in [-0.2, -0.15) is 0 Å². The van der Waals surface area contributed by atoms with Crippen LogP contribution < -0.4 is 10.5 Å². The Labute approximate surface area is 102 Å². The van der Waals surface area contributed by atoms with Gasteiger partial charge in [-0.3, -0.25) is 4.79 Å². The van der Waals surface area contributed by atoms with Crippen molar-refractivity contribution in [2.24, 2.45) is 5.73 Å². The molecule has 0 atom stereocenters. The molecule has 0 fully saturated rings. The predicted octanol–water partition coefficient (Wildman–Crippen LogP) is 0.340. The van der Waals surface area contributed by atoms with Crippen LogP contribution in [-0.2, 0) is 14.8 Å². The van der Waals surface area contributed by atoms with E-state index in [9.17, 15) is 13.2 Å². The Hall–Kier alpha value is -0.700. The molecule has 90 valence electrons. The molecule has 3 N–H and O–H groups in total. The summed E-state index contributed by atoms with van der Waals surface area (Å²) >= 11 is 6.39. The molecule has 0 radical (unpaired) electrons. The van der Waals surface area contributed by atoms with Crippen molar-refractivity contribution in [1.29, 1.82) is 0 Å². The highest BCUT2D eigenvalue weighted by Gasteiger charge is 2.16. The summed E-state index contributed by atoms with van der Waals surface area (Å²) in [6.07, 6.45) is 1.69. The van der Waals surface area contributed by atoms with Crippen molar-refractivity contribution >= 4 is 38.9 Å². The van der Waals surface area contributed by atoms with E-state index in [-0.39, 0.29) is 21.6 Å². The molecule has 1 amide bonds. The van der Waals surface area contributed by atoms with Crippen molar-refractivity contribution in [3.05, 3.63) is 10.7 Å². The van der Waals surface area contributed by atoms with Crippen LogP contribution in [-0.4, -0.2) is 25.9 Å². The molecule has 1 heterocycles. The number of hydrogen-bond donors (Lipinski definition) is 2. The van der Waals surface area contributed by atoms with Crippen molar-refractivity contribution in [3.63, 3.8) is 0 Å². The number of nitrogens with two attached hydrogens (primary N) is 1. The highest BCUT2D eigenvalue weighted by atomic mass is 35.5. The third-order valence-corrected chi connectivity index (χ3v) is 4.65. The molecule has 0 aliphatic heterocycles. The van der Waals surface area contributed by atoms with Gasteiger partial charge in [0.05, 0.1) is 6.20 Å². The van der Waals surface area contributed by atoms with Gasteiger partial charge in [-0.15, -0.1) is 0 Å². The predicted molar refractivity (Wildman–Crippen MR) is 60.7 cm³/mol. The summed E-state index contributed by atoms with van der Waals surface area (Å²) < 4.78 is 25.7. The summed E-state index contributed by atoms with van der Waals surface area (Å²) in [6, 6.07) is 0. The molecule has 0 unspecified atom stereocenters. The first-order chi connectivity index (χ1) is 7.42. The van der Waals surface area contributed by atoms with Gasteiger partial charge in [0.2, 0.25) is 5.91 Å². The molecule has 0 bridgehead atoms. The van der Waals surface area contributed by atoms with Gasteiger partial charge in [0.1, 0.15) is 0 Å². The Morgan fingerprint density at radius 1 is 1.62 bits per heavy atom. The van der Waals surface area contributed by atoms with Crippen LogP contribution >= 0.6 is 22.9 Å². The van der Waals surface area contributed by atoms with E-state index in [1.54, 1.807) is 0 Å². The zero-order valence-corrected chi connectivity index (χ0v) is 10.5. The van der Waals surface area contributed by atoms with E-state index < -0.39 is 15.9 Å². The lowest BCUT2D eigenvalue weighted by Crippen LogP contribution is -2.25. The van der Waals surface area contributed by atoms with Crippen LogP contribution in [0.2, 0.25) is 4.47 Å². The summed E-state index contributed by atoms with van der Waals surface area (Å²) in [7, 11) is -3.57. The first-order valence-electron chi connectivity index (χ1n) is 4.31. The second-order valence-corrected chi connectivity index (χ2v) is 6.51. The van der Waals surface area contributed by atoms with E-state index >= 15 is 0 Å². The maximum Gasteiger partial charge on any atom is 0.251 e. The van der Waals surface area contributed by atoms with Crippen molar-refractivity contribution < 1.29 is 13.2 Å². The van der Waals surface area contributed by atoms with E-state index in [0.717, 1.165) is 11.3 Å². The van der Waals surface area contributed by atoms with E-state index in [2.05, 4.69) is 9.71 Å². The third kappa shape index (κ3) is 4.05. The number of rotatable bonds is 6. The van der Waals surface area contributed by atoms with E-state index in [1.807, 2.05) is 0 Å². The summed E-state index contributed by atoms with van der Waals surface area (Å²) in [6.45, 7) is 0.154. The maximum absolute atomic E-state index is 11.6. The Bertz CT molecular complexity index is 471. The molecule has 1 aromatic rings. The normalized spacial score (nSPS) is 11.6. The average molecular weight is 284 g/mol. The minimum atomic E-state index is -3.57. The number of hydrogen-bond acceptors (Lipinski definition) is 5. The van der Waals surface area contributed by atoms with Gasteiger partial charge in [0.15, 0.2) is 8.68 Å². The van der Waals surface area contributed by atoms with Crippen LogP contribution in [0.25, 0.3) is 0 Å². The summed E-state index contributed by atoms with van der Waals surface area (Å²) in [5.74, 6) is -0.458. The first kappa shape index (κ1) is 13.4. The molecule has 0 aliphatic rings. The quantitative estimate of drug-likeness (QED) is 0.735. The smallest absolute Gasteiger partial charge is 0.251 e. The van der Waals surface area contributed by atoms with E-state index in [1.165, 1.54) is 6.20 Å². The topological polar surface area (TPSA) is 102 Å². The molecule has 1 rings (SSSR count). The van der Waals surface area contributed by atoms with Crippen molar-refractivity contribution in [3.8, 4) is 0 Å². The number of thiazole rings is 1. The van der Waals surface area contributed by atoms with E-state index in [0.29, 0.717) is 6.42 Å². The molecular weight excluding hydrogens is 274 g/mol. The Kier molecular flexibility index (Phi) is 4.66. The van der Waals surface area contributed by atoms with Crippen LogP contribution in [0.4, 0.5) is 0 Å². The highest BCUT2D eigenvalue weighted by Crippen LogP contribution is 2.21. The number of nitrogens with one attached hydrogen (secondary N) is 1. The zero-order valence-electron chi connectivity index (χ0n) is 8.14. The van der Waals surface area contributed by atoms with Crippen molar-refractivity contribution in [2.75, 3.05) is 6.54 Å². The second kappa shape index (κ2) is 5.58. The monoisotopic (exact) mass is 283 g/mol. The molecule has 1 aromatic heterocycles. The number of amides is 1. The number of aromatic nitrogens is 1. The van der Waals surface area contributed by atoms with Gasteiger partial charge >= 0.3 is 0 Å². The van der Waals surface area contributed by atoms with Crippen LogP contribution in [0.15, 0.2) is 10.4 Å². The Morgan fingerprint density at radius 2 is 2.31 bits per heavy atom. The number of halogens is 1. The van der Waals surface area contributed by atoms with E-state index in [4.69, 9.17) is 17.3 Å². The largest absolute Gasteiger partial charge is 0.370 e. The third-order valence-electron chi connectivity index (χ3n) is 1.61. The van der Waals surface area contributed by atoms with Crippen molar-refractivity contribution in [2.45, 2.75) is 17.1 Å². The lowest BCUT2D eigenvalue weighted by Gasteiger charge is -2.02. The molecule has 0 spiro atoms. The molecule has 16 heavy (non-hydrogen) atoms. The number of primary amides is 1. The van der Waals surface area contributed by atoms with Crippen LogP contribution in [0.1, 0.15) is 12.8 Å². The summed E-state index contributed by atoms with van der Waals surface area (Å²) in [5.41, 5.74) is 4.92. The Balaban J connectivity index is 2.50. The van der Waals surface area contributed by atoms with Gasteiger partial charge in [0, 0.05) is 13.0 Å². The maximum atomic E-state index is 11.6. The van der Waals surface area contributed by atoms with Gasteiger partial charge in [-0.25, -0.2) is 18.1 Å².